The quantitative estimate of drug-likeness (QED) is 0.735. The van der Waals surface area contributed by atoms with Crippen molar-refractivity contribution in [2.45, 2.75) is 51.4 Å². The average molecular weight is 238 g/mol. The zero-order valence-corrected chi connectivity index (χ0v) is 10.5. The molecule has 0 saturated heterocycles. The molecule has 2 saturated carbocycles. The van der Waals surface area contributed by atoms with Gasteiger partial charge in [0.25, 0.3) is 0 Å². The summed E-state index contributed by atoms with van der Waals surface area (Å²) in [6, 6.07) is 1.41. The third-order valence-electron chi connectivity index (χ3n) is 3.48. The van der Waals surface area contributed by atoms with Crippen LogP contribution in [0.15, 0.2) is 6.33 Å². The first-order valence-electron chi connectivity index (χ1n) is 6.17. The lowest BCUT2D eigenvalue weighted by Gasteiger charge is -2.19. The fraction of sp³-hybridized carbons (Fsp3) is 0.818. The van der Waals surface area contributed by atoms with Crippen LogP contribution in [0.1, 0.15) is 38.6 Å². The summed E-state index contributed by atoms with van der Waals surface area (Å²) >= 11 is 5.45. The Bertz CT molecular complexity index is 427. The van der Waals surface area contributed by atoms with Crippen LogP contribution < -0.4 is 0 Å². The van der Waals surface area contributed by atoms with E-state index in [4.69, 9.17) is 12.2 Å². The lowest BCUT2D eigenvalue weighted by Crippen LogP contribution is -2.29. The molecule has 0 unspecified atom stereocenters. The van der Waals surface area contributed by atoms with Crippen molar-refractivity contribution in [3.63, 3.8) is 0 Å². The number of hydrogen-bond donors (Lipinski definition) is 0. The maximum Gasteiger partial charge on any atom is 0.199 e. The summed E-state index contributed by atoms with van der Waals surface area (Å²) < 4.78 is 5.01. The molecule has 0 amide bonds. The van der Waals surface area contributed by atoms with Gasteiger partial charge in [-0.25, -0.2) is 4.68 Å². The Morgan fingerprint density at radius 1 is 1.44 bits per heavy atom. The van der Waals surface area contributed by atoms with Crippen molar-refractivity contribution < 1.29 is 0 Å². The molecule has 0 N–H and O–H groups in total. The normalized spacial score (nSPS) is 20.6. The van der Waals surface area contributed by atoms with E-state index in [0.29, 0.717) is 6.04 Å². The van der Waals surface area contributed by atoms with Crippen molar-refractivity contribution in [1.82, 2.24) is 19.2 Å². The van der Waals surface area contributed by atoms with E-state index in [9.17, 15) is 0 Å². The van der Waals surface area contributed by atoms with E-state index in [1.165, 1.54) is 25.7 Å². The minimum Gasteiger partial charge on any atom is -0.303 e. The highest BCUT2D eigenvalue weighted by molar-refractivity contribution is 7.71. The predicted molar refractivity (Wildman–Crippen MR) is 64.7 cm³/mol. The molecule has 2 aliphatic carbocycles. The van der Waals surface area contributed by atoms with Gasteiger partial charge < -0.3 is 4.57 Å². The Hall–Kier alpha value is -0.680. The van der Waals surface area contributed by atoms with Crippen molar-refractivity contribution in [3.05, 3.63) is 11.1 Å². The largest absolute Gasteiger partial charge is 0.303 e. The molecule has 1 heterocycles. The van der Waals surface area contributed by atoms with Crippen molar-refractivity contribution in [2.75, 3.05) is 6.54 Å². The van der Waals surface area contributed by atoms with E-state index >= 15 is 0 Å². The summed E-state index contributed by atoms with van der Waals surface area (Å²) in [6.45, 7) is 4.16. The van der Waals surface area contributed by atoms with E-state index in [-0.39, 0.29) is 0 Å². The van der Waals surface area contributed by atoms with Gasteiger partial charge in [0.1, 0.15) is 6.33 Å². The molecule has 5 heteroatoms. The van der Waals surface area contributed by atoms with Crippen LogP contribution in [0.3, 0.4) is 0 Å². The molecule has 2 aliphatic rings. The molecule has 0 atom stereocenters. The monoisotopic (exact) mass is 238 g/mol. The van der Waals surface area contributed by atoms with Gasteiger partial charge in [-0.2, -0.15) is 5.10 Å². The van der Waals surface area contributed by atoms with Crippen LogP contribution in [0.25, 0.3) is 0 Å². The van der Waals surface area contributed by atoms with Gasteiger partial charge in [-0.1, -0.05) is 6.92 Å². The van der Waals surface area contributed by atoms with E-state index in [2.05, 4.69) is 21.5 Å². The second-order valence-electron chi connectivity index (χ2n) is 4.83. The Balaban J connectivity index is 1.75. The van der Waals surface area contributed by atoms with E-state index < -0.39 is 0 Å². The molecule has 0 aliphatic heterocycles. The zero-order valence-electron chi connectivity index (χ0n) is 9.67. The first kappa shape index (κ1) is 10.5. The maximum atomic E-state index is 5.45. The van der Waals surface area contributed by atoms with Crippen LogP contribution in [0, 0.1) is 4.77 Å². The average Bonchev–Trinajstić information content (AvgIpc) is 3.15. The minimum atomic E-state index is 0.636. The highest BCUT2D eigenvalue weighted by Gasteiger charge is 2.29. The molecule has 1 aromatic rings. The minimum absolute atomic E-state index is 0.636. The van der Waals surface area contributed by atoms with Crippen LogP contribution in [0.2, 0.25) is 0 Å². The van der Waals surface area contributed by atoms with Crippen molar-refractivity contribution in [3.8, 4) is 0 Å². The summed E-state index contributed by atoms with van der Waals surface area (Å²) in [5.41, 5.74) is 0. The fourth-order valence-corrected chi connectivity index (χ4v) is 2.44. The Kier molecular flexibility index (Phi) is 2.59. The Labute approximate surface area is 101 Å². The first-order valence-corrected chi connectivity index (χ1v) is 6.58. The van der Waals surface area contributed by atoms with Gasteiger partial charge in [-0.15, -0.1) is 0 Å². The zero-order chi connectivity index (χ0) is 11.1. The van der Waals surface area contributed by atoms with E-state index in [1.54, 1.807) is 0 Å². The van der Waals surface area contributed by atoms with Gasteiger partial charge in [0.2, 0.25) is 0 Å². The lowest BCUT2D eigenvalue weighted by molar-refractivity contribution is 0.205. The summed E-state index contributed by atoms with van der Waals surface area (Å²) in [5.74, 6) is 0. The van der Waals surface area contributed by atoms with Gasteiger partial charge in [-0.3, -0.25) is 4.90 Å². The molecule has 0 spiro atoms. The van der Waals surface area contributed by atoms with Gasteiger partial charge in [0.15, 0.2) is 4.77 Å². The molecule has 0 radical (unpaired) electrons. The van der Waals surface area contributed by atoms with Crippen molar-refractivity contribution in [2.24, 2.45) is 0 Å². The predicted octanol–water partition coefficient (Wildman–Crippen LogP) is 2.19. The molecule has 0 bridgehead atoms. The molecular weight excluding hydrogens is 220 g/mol. The van der Waals surface area contributed by atoms with E-state index in [1.807, 2.05) is 11.0 Å². The Morgan fingerprint density at radius 3 is 2.75 bits per heavy atom. The Morgan fingerprint density at radius 2 is 2.19 bits per heavy atom. The molecule has 1 aromatic heterocycles. The van der Waals surface area contributed by atoms with Crippen LogP contribution >= 0.6 is 12.2 Å². The van der Waals surface area contributed by atoms with Crippen molar-refractivity contribution >= 4 is 12.2 Å². The van der Waals surface area contributed by atoms with Gasteiger partial charge >= 0.3 is 0 Å². The summed E-state index contributed by atoms with van der Waals surface area (Å²) in [5, 5.41) is 4.41. The summed E-state index contributed by atoms with van der Waals surface area (Å²) in [6.07, 6.45) is 7.11. The van der Waals surface area contributed by atoms with Crippen LogP contribution in [-0.4, -0.2) is 31.8 Å². The van der Waals surface area contributed by atoms with Crippen LogP contribution in [0.5, 0.6) is 0 Å². The molecule has 0 aromatic carbocycles. The number of aromatic nitrogens is 3. The standard InChI is InChI=1S/C11H18N4S/c1-2-13(9-3-4-9)8-15-11(16)14(7-12-15)10-5-6-10/h7,9-10H,2-6,8H2,1H3. The number of rotatable bonds is 5. The first-order chi connectivity index (χ1) is 7.79. The molecular formula is C11H18N4S. The summed E-state index contributed by atoms with van der Waals surface area (Å²) in [4.78, 5) is 2.46. The highest BCUT2D eigenvalue weighted by Crippen LogP contribution is 2.34. The summed E-state index contributed by atoms with van der Waals surface area (Å²) in [7, 11) is 0. The van der Waals surface area contributed by atoms with Gasteiger partial charge in [0.05, 0.1) is 6.67 Å². The van der Waals surface area contributed by atoms with E-state index in [0.717, 1.165) is 24.0 Å². The molecule has 16 heavy (non-hydrogen) atoms. The lowest BCUT2D eigenvalue weighted by atomic mass is 10.5. The topological polar surface area (TPSA) is 26.0 Å². The highest BCUT2D eigenvalue weighted by atomic mass is 32.1. The number of nitrogens with zero attached hydrogens (tertiary/aromatic N) is 4. The number of hydrogen-bond acceptors (Lipinski definition) is 3. The molecule has 3 rings (SSSR count). The molecule has 4 nitrogen and oxygen atoms in total. The fourth-order valence-electron chi connectivity index (χ4n) is 2.14. The molecule has 2 fully saturated rings. The third-order valence-corrected chi connectivity index (χ3v) is 3.90. The van der Waals surface area contributed by atoms with Gasteiger partial charge in [0, 0.05) is 12.1 Å². The van der Waals surface area contributed by atoms with Gasteiger partial charge in [-0.05, 0) is 44.4 Å². The molecule has 88 valence electrons. The third kappa shape index (κ3) is 1.94. The second kappa shape index (κ2) is 3.96. The van der Waals surface area contributed by atoms with Crippen LogP contribution in [-0.2, 0) is 6.67 Å². The smallest absolute Gasteiger partial charge is 0.199 e. The maximum absolute atomic E-state index is 5.45. The van der Waals surface area contributed by atoms with Crippen molar-refractivity contribution in [1.29, 1.82) is 0 Å². The SMILES string of the molecule is CCN(Cn1ncn(C2CC2)c1=S)C1CC1. The van der Waals surface area contributed by atoms with Crippen LogP contribution in [0.4, 0.5) is 0 Å². The second-order valence-corrected chi connectivity index (χ2v) is 5.19.